The van der Waals surface area contributed by atoms with Crippen molar-refractivity contribution < 1.29 is 64.6 Å². The first-order chi connectivity index (χ1) is 37.1. The molecule has 0 saturated carbocycles. The van der Waals surface area contributed by atoms with Crippen LogP contribution >= 0.6 is 0 Å². The summed E-state index contributed by atoms with van der Waals surface area (Å²) in [6, 6.07) is -0.922. The molecule has 2 fully saturated rings. The Morgan fingerprint density at radius 2 is 0.895 bits per heavy atom. The van der Waals surface area contributed by atoms with E-state index in [1.165, 1.54) is 161 Å². The molecule has 76 heavy (non-hydrogen) atoms. The molecule has 2 saturated heterocycles. The zero-order chi connectivity index (χ0) is 55.3. The molecule has 9 N–H and O–H groups in total. The number of unbranched alkanes of at least 4 members (excludes halogenated alkanes) is 33. The number of allylic oxidation sites excluding steroid dienone is 5. The molecule has 0 aromatic carbocycles. The lowest BCUT2D eigenvalue weighted by Gasteiger charge is -2.46. The van der Waals surface area contributed by atoms with Gasteiger partial charge >= 0.3 is 0 Å². The van der Waals surface area contributed by atoms with Gasteiger partial charge in [-0.05, 0) is 44.9 Å². The number of ether oxygens (including phenoxy) is 4. The zero-order valence-electron chi connectivity index (χ0n) is 48.0. The highest BCUT2D eigenvalue weighted by Gasteiger charge is 2.51. The minimum absolute atomic E-state index is 0.253. The number of carbonyl (C=O) groups is 1. The van der Waals surface area contributed by atoms with Crippen LogP contribution in [0.25, 0.3) is 0 Å². The monoisotopic (exact) mass is 1080 g/mol. The van der Waals surface area contributed by atoms with E-state index in [-0.39, 0.29) is 18.9 Å². The molecular formula is C62H115NO13. The van der Waals surface area contributed by atoms with Crippen molar-refractivity contribution in [2.45, 2.75) is 331 Å². The fraction of sp³-hybridized carbons (Fsp3) is 0.887. The number of aliphatic hydroxyl groups excluding tert-OH is 8. The molecule has 0 spiro atoms. The SMILES string of the molecule is CCC/C=C\C/C=C\CCCCCCCC(=O)NC(COC1OC(CO)C(OC2OC(CO)C(O)C(O)C2O)C(O)C1O)C(O)/C=C/CCCCCCCCCCCCCCCCCCCCCCCCCCCCC. The lowest BCUT2D eigenvalue weighted by Crippen LogP contribution is -2.65. The van der Waals surface area contributed by atoms with Crippen molar-refractivity contribution in [2.75, 3.05) is 19.8 Å². The lowest BCUT2D eigenvalue weighted by molar-refractivity contribution is -0.359. The van der Waals surface area contributed by atoms with E-state index in [2.05, 4.69) is 43.5 Å². The summed E-state index contributed by atoms with van der Waals surface area (Å²) < 4.78 is 22.8. The van der Waals surface area contributed by atoms with Gasteiger partial charge in [0.1, 0.15) is 48.8 Å². The molecule has 0 aromatic heterocycles. The molecule has 12 atom stereocenters. The van der Waals surface area contributed by atoms with Gasteiger partial charge in [-0.15, -0.1) is 0 Å². The number of hydrogen-bond acceptors (Lipinski definition) is 13. The second-order valence-corrected chi connectivity index (χ2v) is 22.2. The van der Waals surface area contributed by atoms with E-state index in [0.717, 1.165) is 70.6 Å². The Bertz CT molecular complexity index is 1410. The number of aliphatic hydroxyl groups is 8. The van der Waals surface area contributed by atoms with Gasteiger partial charge < -0.3 is 65.1 Å². The predicted octanol–water partition coefficient (Wildman–Crippen LogP) is 11.0. The van der Waals surface area contributed by atoms with Crippen LogP contribution in [0.5, 0.6) is 0 Å². The Kier molecular flexibility index (Phi) is 44.4. The van der Waals surface area contributed by atoms with Crippen molar-refractivity contribution in [3.63, 3.8) is 0 Å². The third-order valence-corrected chi connectivity index (χ3v) is 15.3. The van der Waals surface area contributed by atoms with Crippen LogP contribution in [0.15, 0.2) is 36.5 Å². The zero-order valence-corrected chi connectivity index (χ0v) is 48.0. The van der Waals surface area contributed by atoms with Gasteiger partial charge in [0, 0.05) is 6.42 Å². The smallest absolute Gasteiger partial charge is 0.220 e. The van der Waals surface area contributed by atoms with E-state index in [9.17, 15) is 45.6 Å². The minimum Gasteiger partial charge on any atom is -0.394 e. The quantitative estimate of drug-likeness (QED) is 0.0204. The normalized spacial score (nSPS) is 25.1. The largest absolute Gasteiger partial charge is 0.394 e. The molecule has 0 aliphatic carbocycles. The van der Waals surface area contributed by atoms with Crippen LogP contribution in [0, 0.1) is 0 Å². The molecule has 14 nitrogen and oxygen atoms in total. The van der Waals surface area contributed by atoms with E-state index in [1.807, 2.05) is 6.08 Å². The average Bonchev–Trinajstić information content (AvgIpc) is 3.42. The maximum atomic E-state index is 13.2. The van der Waals surface area contributed by atoms with E-state index in [4.69, 9.17) is 18.9 Å². The van der Waals surface area contributed by atoms with Gasteiger partial charge in [0.15, 0.2) is 12.6 Å². The number of amides is 1. The van der Waals surface area contributed by atoms with Crippen LogP contribution in [0.1, 0.15) is 258 Å². The molecule has 2 heterocycles. The maximum Gasteiger partial charge on any atom is 0.220 e. The highest BCUT2D eigenvalue weighted by molar-refractivity contribution is 5.76. The van der Waals surface area contributed by atoms with Crippen molar-refractivity contribution in [1.29, 1.82) is 0 Å². The van der Waals surface area contributed by atoms with Crippen LogP contribution in [0.3, 0.4) is 0 Å². The Morgan fingerprint density at radius 1 is 0.474 bits per heavy atom. The Hall–Kier alpha value is -1.79. The van der Waals surface area contributed by atoms with Gasteiger partial charge in [-0.25, -0.2) is 0 Å². The third-order valence-electron chi connectivity index (χ3n) is 15.3. The molecule has 14 heteroatoms. The molecule has 0 radical (unpaired) electrons. The average molecular weight is 1080 g/mol. The van der Waals surface area contributed by atoms with Crippen LogP contribution < -0.4 is 5.32 Å². The molecule has 446 valence electrons. The van der Waals surface area contributed by atoms with E-state index >= 15 is 0 Å². The minimum atomic E-state index is -1.79. The number of nitrogens with one attached hydrogen (secondary N) is 1. The second kappa shape index (κ2) is 48.0. The predicted molar refractivity (Wildman–Crippen MR) is 305 cm³/mol. The molecular weight excluding hydrogens is 967 g/mol. The summed E-state index contributed by atoms with van der Waals surface area (Å²) in [5, 5.41) is 87.1. The van der Waals surface area contributed by atoms with Crippen molar-refractivity contribution in [3.05, 3.63) is 36.5 Å². The lowest BCUT2D eigenvalue weighted by atomic mass is 9.97. The molecule has 2 rings (SSSR count). The van der Waals surface area contributed by atoms with E-state index < -0.39 is 86.8 Å². The molecule has 0 bridgehead atoms. The molecule has 12 unspecified atom stereocenters. The van der Waals surface area contributed by atoms with Gasteiger partial charge in [-0.1, -0.05) is 243 Å². The third kappa shape index (κ3) is 33.1. The molecule has 1 amide bonds. The number of rotatable bonds is 50. The first kappa shape index (κ1) is 70.3. The Morgan fingerprint density at radius 3 is 1.37 bits per heavy atom. The summed E-state index contributed by atoms with van der Waals surface area (Å²) in [5.41, 5.74) is 0. The fourth-order valence-electron chi connectivity index (χ4n) is 10.3. The van der Waals surface area contributed by atoms with Crippen molar-refractivity contribution in [1.82, 2.24) is 5.32 Å². The maximum absolute atomic E-state index is 13.2. The van der Waals surface area contributed by atoms with Crippen LogP contribution in [-0.2, 0) is 23.7 Å². The number of carbonyl (C=O) groups excluding carboxylic acids is 1. The van der Waals surface area contributed by atoms with E-state index in [1.54, 1.807) is 6.08 Å². The summed E-state index contributed by atoms with van der Waals surface area (Å²) in [6.45, 7) is 2.74. The molecule has 0 aromatic rings. The van der Waals surface area contributed by atoms with Crippen molar-refractivity contribution in [3.8, 4) is 0 Å². The summed E-state index contributed by atoms with van der Waals surface area (Å²) >= 11 is 0. The summed E-state index contributed by atoms with van der Waals surface area (Å²) in [7, 11) is 0. The van der Waals surface area contributed by atoms with E-state index in [0.29, 0.717) is 6.42 Å². The van der Waals surface area contributed by atoms with Crippen LogP contribution in [-0.4, -0.2) is 140 Å². The van der Waals surface area contributed by atoms with Crippen LogP contribution in [0.4, 0.5) is 0 Å². The Balaban J connectivity index is 1.69. The summed E-state index contributed by atoms with van der Waals surface area (Å²) in [6.07, 6.45) is 42.1. The highest BCUT2D eigenvalue weighted by atomic mass is 16.7. The molecule has 2 aliphatic heterocycles. The van der Waals surface area contributed by atoms with Crippen LogP contribution in [0.2, 0.25) is 0 Å². The van der Waals surface area contributed by atoms with Gasteiger partial charge in [0.05, 0.1) is 32.0 Å². The van der Waals surface area contributed by atoms with Gasteiger partial charge in [-0.3, -0.25) is 4.79 Å². The van der Waals surface area contributed by atoms with Gasteiger partial charge in [0.25, 0.3) is 0 Å². The first-order valence-corrected chi connectivity index (χ1v) is 31.2. The summed E-state index contributed by atoms with van der Waals surface area (Å²) in [4.78, 5) is 13.2. The summed E-state index contributed by atoms with van der Waals surface area (Å²) in [5.74, 6) is -0.253. The Labute approximate surface area is 461 Å². The second-order valence-electron chi connectivity index (χ2n) is 22.2. The standard InChI is InChI=1S/C62H115NO13/c1-3-5-7-9-11-13-15-17-18-19-20-21-22-23-24-25-26-27-28-29-30-31-32-34-35-37-39-41-43-45-51(66)50(63-54(67)46-44-42-40-38-36-33-16-14-12-10-8-6-4-2)49-73-61-59(72)57(70)60(53(48-65)75-61)76-62-58(71)56(69)55(68)52(47-64)74-62/h8,10,14,16,43,45,50-53,55-62,64-66,68-72H,3-7,9,11-13,15,17-42,44,46-49H2,1-2H3,(H,63,67)/b10-8-,16-14-,45-43+. The van der Waals surface area contributed by atoms with Gasteiger partial charge in [-0.2, -0.15) is 0 Å². The van der Waals surface area contributed by atoms with Crippen molar-refractivity contribution in [2.24, 2.45) is 0 Å². The topological polar surface area (TPSA) is 228 Å². The molecule has 2 aliphatic rings. The number of hydrogen-bond donors (Lipinski definition) is 9. The van der Waals surface area contributed by atoms with Crippen molar-refractivity contribution >= 4 is 5.91 Å². The first-order valence-electron chi connectivity index (χ1n) is 31.2. The van der Waals surface area contributed by atoms with Gasteiger partial charge in [0.2, 0.25) is 5.91 Å². The highest BCUT2D eigenvalue weighted by Crippen LogP contribution is 2.30. The fourth-order valence-corrected chi connectivity index (χ4v) is 10.3.